The highest BCUT2D eigenvalue weighted by Gasteiger charge is 2.23. The van der Waals surface area contributed by atoms with E-state index in [0.29, 0.717) is 5.92 Å². The standard InChI is InChI=1S/C13H22ClN3/c1-15-9-8-11-16-12(13(14)17(11)2)10-6-4-3-5-7-10/h10,15H,3-9H2,1-2H3. The summed E-state index contributed by atoms with van der Waals surface area (Å²) in [6, 6.07) is 0. The molecule has 0 spiro atoms. The summed E-state index contributed by atoms with van der Waals surface area (Å²) in [6.07, 6.45) is 7.46. The Morgan fingerprint density at radius 2 is 2.06 bits per heavy atom. The highest BCUT2D eigenvalue weighted by Crippen LogP contribution is 2.35. The third-order valence-corrected chi connectivity index (χ3v) is 4.18. The number of halogens is 1. The van der Waals surface area contributed by atoms with Crippen molar-refractivity contribution >= 4 is 11.6 Å². The van der Waals surface area contributed by atoms with E-state index in [4.69, 9.17) is 16.6 Å². The van der Waals surface area contributed by atoms with Gasteiger partial charge in [0.05, 0.1) is 5.69 Å². The topological polar surface area (TPSA) is 29.9 Å². The van der Waals surface area contributed by atoms with Crippen molar-refractivity contribution in [3.63, 3.8) is 0 Å². The van der Waals surface area contributed by atoms with Crippen LogP contribution in [0.2, 0.25) is 5.15 Å². The molecule has 0 aromatic carbocycles. The fraction of sp³-hybridized carbons (Fsp3) is 0.769. The molecule has 1 saturated carbocycles. The quantitative estimate of drug-likeness (QED) is 0.897. The molecule has 1 heterocycles. The number of rotatable bonds is 4. The maximum Gasteiger partial charge on any atom is 0.132 e. The largest absolute Gasteiger partial charge is 0.322 e. The van der Waals surface area contributed by atoms with E-state index >= 15 is 0 Å². The molecular formula is C13H22ClN3. The second-order valence-electron chi connectivity index (χ2n) is 4.95. The Labute approximate surface area is 109 Å². The van der Waals surface area contributed by atoms with Gasteiger partial charge in [0.15, 0.2) is 0 Å². The van der Waals surface area contributed by atoms with Crippen LogP contribution in [0.5, 0.6) is 0 Å². The van der Waals surface area contributed by atoms with Gasteiger partial charge in [0.1, 0.15) is 11.0 Å². The van der Waals surface area contributed by atoms with Crippen molar-refractivity contribution in [1.82, 2.24) is 14.9 Å². The van der Waals surface area contributed by atoms with Crippen LogP contribution in [0.1, 0.15) is 49.5 Å². The molecule has 0 aliphatic heterocycles. The first-order valence-electron chi connectivity index (χ1n) is 6.59. The normalized spacial score (nSPS) is 17.6. The van der Waals surface area contributed by atoms with Crippen molar-refractivity contribution < 1.29 is 0 Å². The first-order valence-corrected chi connectivity index (χ1v) is 6.97. The van der Waals surface area contributed by atoms with Crippen LogP contribution in [0, 0.1) is 0 Å². The maximum atomic E-state index is 6.41. The van der Waals surface area contributed by atoms with E-state index in [-0.39, 0.29) is 0 Å². The van der Waals surface area contributed by atoms with Crippen LogP contribution in [0.15, 0.2) is 0 Å². The summed E-state index contributed by atoms with van der Waals surface area (Å²) in [5, 5.41) is 4.01. The van der Waals surface area contributed by atoms with Crippen molar-refractivity contribution in [2.45, 2.75) is 44.4 Å². The highest BCUT2D eigenvalue weighted by atomic mass is 35.5. The summed E-state index contributed by atoms with van der Waals surface area (Å²) in [4.78, 5) is 4.76. The van der Waals surface area contributed by atoms with Gasteiger partial charge in [-0.2, -0.15) is 0 Å². The lowest BCUT2D eigenvalue weighted by Crippen LogP contribution is -2.13. The lowest BCUT2D eigenvalue weighted by Gasteiger charge is -2.19. The SMILES string of the molecule is CNCCc1nc(C2CCCCC2)c(Cl)n1C. The molecule has 1 aliphatic carbocycles. The van der Waals surface area contributed by atoms with Crippen LogP contribution < -0.4 is 5.32 Å². The first kappa shape index (κ1) is 12.9. The molecule has 4 heteroatoms. The average Bonchev–Trinajstić information content (AvgIpc) is 2.65. The molecule has 1 fully saturated rings. The molecule has 2 rings (SSSR count). The molecule has 1 aromatic heterocycles. The van der Waals surface area contributed by atoms with Gasteiger partial charge >= 0.3 is 0 Å². The van der Waals surface area contributed by atoms with E-state index in [1.165, 1.54) is 32.1 Å². The van der Waals surface area contributed by atoms with Crippen molar-refractivity contribution in [3.05, 3.63) is 16.7 Å². The molecule has 0 unspecified atom stereocenters. The minimum atomic E-state index is 0.589. The molecule has 0 saturated heterocycles. The Bertz CT molecular complexity index is 367. The highest BCUT2D eigenvalue weighted by molar-refractivity contribution is 6.30. The van der Waals surface area contributed by atoms with E-state index in [0.717, 1.165) is 29.6 Å². The van der Waals surface area contributed by atoms with E-state index in [1.54, 1.807) is 0 Å². The van der Waals surface area contributed by atoms with Crippen LogP contribution in [-0.2, 0) is 13.5 Å². The summed E-state index contributed by atoms with van der Waals surface area (Å²) in [5.41, 5.74) is 1.14. The van der Waals surface area contributed by atoms with Crippen LogP contribution in [0.25, 0.3) is 0 Å². The van der Waals surface area contributed by atoms with Crippen LogP contribution in [0.4, 0.5) is 0 Å². The number of imidazole rings is 1. The molecular weight excluding hydrogens is 234 g/mol. The zero-order valence-corrected chi connectivity index (χ0v) is 11.6. The molecule has 17 heavy (non-hydrogen) atoms. The van der Waals surface area contributed by atoms with Gasteiger partial charge in [-0.25, -0.2) is 4.98 Å². The van der Waals surface area contributed by atoms with Crippen molar-refractivity contribution in [1.29, 1.82) is 0 Å². The van der Waals surface area contributed by atoms with Gasteiger partial charge in [-0.05, 0) is 19.9 Å². The predicted molar refractivity (Wildman–Crippen MR) is 71.7 cm³/mol. The van der Waals surface area contributed by atoms with Crippen molar-refractivity contribution in [2.24, 2.45) is 7.05 Å². The molecule has 1 aliphatic rings. The number of aromatic nitrogens is 2. The van der Waals surface area contributed by atoms with Gasteiger partial charge in [-0.15, -0.1) is 0 Å². The second kappa shape index (κ2) is 5.87. The zero-order chi connectivity index (χ0) is 12.3. The third kappa shape index (κ3) is 2.83. The van der Waals surface area contributed by atoms with Gasteiger partial charge in [0.2, 0.25) is 0 Å². The fourth-order valence-electron chi connectivity index (χ4n) is 2.64. The number of hydrogen-bond donors (Lipinski definition) is 1. The lowest BCUT2D eigenvalue weighted by atomic mass is 9.87. The van der Waals surface area contributed by atoms with Gasteiger partial charge in [0.25, 0.3) is 0 Å². The van der Waals surface area contributed by atoms with Crippen molar-refractivity contribution in [2.75, 3.05) is 13.6 Å². The second-order valence-corrected chi connectivity index (χ2v) is 5.31. The van der Waals surface area contributed by atoms with E-state index in [9.17, 15) is 0 Å². The van der Waals surface area contributed by atoms with E-state index in [1.807, 2.05) is 18.7 Å². The van der Waals surface area contributed by atoms with Crippen LogP contribution in [-0.4, -0.2) is 23.1 Å². The van der Waals surface area contributed by atoms with Gasteiger partial charge in [-0.3, -0.25) is 0 Å². The minimum Gasteiger partial charge on any atom is -0.322 e. The monoisotopic (exact) mass is 255 g/mol. The molecule has 0 atom stereocenters. The van der Waals surface area contributed by atoms with Crippen molar-refractivity contribution in [3.8, 4) is 0 Å². The maximum absolute atomic E-state index is 6.41. The average molecular weight is 256 g/mol. The Balaban J connectivity index is 2.16. The van der Waals surface area contributed by atoms with E-state index in [2.05, 4.69) is 5.32 Å². The number of nitrogens with zero attached hydrogens (tertiary/aromatic N) is 2. The smallest absolute Gasteiger partial charge is 0.132 e. The summed E-state index contributed by atoms with van der Waals surface area (Å²) in [6.45, 7) is 0.950. The van der Waals surface area contributed by atoms with Gasteiger partial charge < -0.3 is 9.88 Å². The number of nitrogens with one attached hydrogen (secondary N) is 1. The predicted octanol–water partition coefficient (Wildman–Crippen LogP) is 2.88. The molecule has 1 N–H and O–H groups in total. The first-order chi connectivity index (χ1) is 8.24. The van der Waals surface area contributed by atoms with E-state index < -0.39 is 0 Å². The number of hydrogen-bond acceptors (Lipinski definition) is 2. The van der Waals surface area contributed by atoms with Gasteiger partial charge in [0, 0.05) is 25.9 Å². The lowest BCUT2D eigenvalue weighted by molar-refractivity contribution is 0.437. The Kier molecular flexibility index (Phi) is 4.46. The summed E-state index contributed by atoms with van der Waals surface area (Å²) in [7, 11) is 3.99. The zero-order valence-electron chi connectivity index (χ0n) is 10.8. The third-order valence-electron chi connectivity index (χ3n) is 3.73. The number of likely N-dealkylation sites (N-methyl/N-ethyl adjacent to an activating group) is 1. The summed E-state index contributed by atoms with van der Waals surface area (Å²) < 4.78 is 2.04. The molecule has 0 radical (unpaired) electrons. The molecule has 0 amide bonds. The molecule has 1 aromatic rings. The molecule has 3 nitrogen and oxygen atoms in total. The summed E-state index contributed by atoms with van der Waals surface area (Å²) >= 11 is 6.41. The molecule has 0 bridgehead atoms. The van der Waals surface area contributed by atoms with Gasteiger partial charge in [-0.1, -0.05) is 30.9 Å². The van der Waals surface area contributed by atoms with Crippen LogP contribution >= 0.6 is 11.6 Å². The summed E-state index contributed by atoms with van der Waals surface area (Å²) in [5.74, 6) is 1.69. The molecule has 96 valence electrons. The minimum absolute atomic E-state index is 0.589. The van der Waals surface area contributed by atoms with Crippen LogP contribution in [0.3, 0.4) is 0 Å². The Morgan fingerprint density at radius 1 is 1.35 bits per heavy atom. The Hall–Kier alpha value is -0.540. The fourth-order valence-corrected chi connectivity index (χ4v) is 2.94. The Morgan fingerprint density at radius 3 is 2.71 bits per heavy atom.